The van der Waals surface area contributed by atoms with Gasteiger partial charge in [-0.25, -0.2) is 0 Å². The van der Waals surface area contributed by atoms with Crippen LogP contribution in [0, 0.1) is 11.8 Å². The predicted molar refractivity (Wildman–Crippen MR) is 130 cm³/mol. The monoisotopic (exact) mass is 429 g/mol. The van der Waals surface area contributed by atoms with Gasteiger partial charge >= 0.3 is 0 Å². The quantitative estimate of drug-likeness (QED) is 0.456. The first kappa shape index (κ1) is 23.2. The van der Waals surface area contributed by atoms with Crippen molar-refractivity contribution in [3.8, 4) is 29.1 Å². The summed E-state index contributed by atoms with van der Waals surface area (Å²) in [6.07, 6.45) is 1.84. The Kier molecular flexibility index (Phi) is 8.60. The molecule has 0 amide bonds. The highest BCUT2D eigenvalue weighted by Gasteiger charge is 2.08. The number of methoxy groups -OCH3 is 3. The number of ether oxygens (including phenoxy) is 3. The van der Waals surface area contributed by atoms with E-state index < -0.39 is 0 Å². The van der Waals surface area contributed by atoms with Gasteiger partial charge in [0.15, 0.2) is 11.5 Å². The van der Waals surface area contributed by atoms with Crippen LogP contribution in [-0.2, 0) is 12.8 Å². The molecule has 3 rings (SSSR count). The minimum atomic E-state index is 0.756. The normalized spacial score (nSPS) is 10.4. The topological polar surface area (TPSA) is 30.9 Å². The highest BCUT2D eigenvalue weighted by atomic mass is 16.5. The summed E-state index contributed by atoms with van der Waals surface area (Å²) in [5.41, 5.74) is 4.49. The summed E-state index contributed by atoms with van der Waals surface area (Å²) in [6, 6.07) is 22.3. The molecule has 3 aromatic rings. The third-order valence-corrected chi connectivity index (χ3v) is 5.42. The van der Waals surface area contributed by atoms with Gasteiger partial charge in [0.25, 0.3) is 0 Å². The Balaban J connectivity index is 1.63. The molecule has 0 saturated carbocycles. The van der Waals surface area contributed by atoms with Crippen molar-refractivity contribution < 1.29 is 14.2 Å². The Hall–Kier alpha value is -3.42. The fourth-order valence-corrected chi connectivity index (χ4v) is 3.47. The SMILES string of the molecule is COc1ccc(C#Cc2ccccc2)c(CCN(C)CCc2ccc(OC)c(OC)c2)c1. The average Bonchev–Trinajstić information content (AvgIpc) is 2.85. The molecule has 0 saturated heterocycles. The van der Waals surface area contributed by atoms with E-state index in [4.69, 9.17) is 14.2 Å². The Morgan fingerprint density at radius 3 is 2.19 bits per heavy atom. The summed E-state index contributed by atoms with van der Waals surface area (Å²) in [4.78, 5) is 2.34. The first-order valence-electron chi connectivity index (χ1n) is 10.8. The number of hydrogen-bond acceptors (Lipinski definition) is 4. The Morgan fingerprint density at radius 2 is 1.47 bits per heavy atom. The lowest BCUT2D eigenvalue weighted by Gasteiger charge is -2.18. The molecule has 4 heteroatoms. The average molecular weight is 430 g/mol. The molecule has 0 fully saturated rings. The smallest absolute Gasteiger partial charge is 0.160 e. The number of likely N-dealkylation sites (N-methyl/N-ethyl adjacent to an activating group) is 1. The molecule has 4 nitrogen and oxygen atoms in total. The van der Waals surface area contributed by atoms with Crippen LogP contribution in [0.25, 0.3) is 0 Å². The van der Waals surface area contributed by atoms with Crippen LogP contribution in [0.4, 0.5) is 0 Å². The van der Waals surface area contributed by atoms with E-state index in [0.717, 1.165) is 54.3 Å². The summed E-state index contributed by atoms with van der Waals surface area (Å²) in [5, 5.41) is 0. The lowest BCUT2D eigenvalue weighted by molar-refractivity contribution is 0.340. The maximum absolute atomic E-state index is 5.44. The molecule has 0 heterocycles. The van der Waals surface area contributed by atoms with Gasteiger partial charge in [0.2, 0.25) is 0 Å². The van der Waals surface area contributed by atoms with Gasteiger partial charge in [-0.3, -0.25) is 0 Å². The summed E-state index contributed by atoms with van der Waals surface area (Å²) in [7, 11) is 7.17. The van der Waals surface area contributed by atoms with E-state index >= 15 is 0 Å². The van der Waals surface area contributed by atoms with E-state index in [-0.39, 0.29) is 0 Å². The van der Waals surface area contributed by atoms with Crippen LogP contribution in [0.3, 0.4) is 0 Å². The zero-order valence-electron chi connectivity index (χ0n) is 19.4. The van der Waals surface area contributed by atoms with E-state index in [1.54, 1.807) is 21.3 Å². The largest absolute Gasteiger partial charge is 0.497 e. The third-order valence-electron chi connectivity index (χ3n) is 5.42. The van der Waals surface area contributed by atoms with Gasteiger partial charge in [0.05, 0.1) is 21.3 Å². The van der Waals surface area contributed by atoms with Crippen molar-refractivity contribution >= 4 is 0 Å². The number of hydrogen-bond donors (Lipinski definition) is 0. The van der Waals surface area contributed by atoms with Gasteiger partial charge in [-0.1, -0.05) is 36.1 Å². The van der Waals surface area contributed by atoms with Crippen LogP contribution in [-0.4, -0.2) is 46.4 Å². The van der Waals surface area contributed by atoms with Crippen molar-refractivity contribution in [3.05, 3.63) is 89.0 Å². The second-order valence-corrected chi connectivity index (χ2v) is 7.63. The molecule has 0 aliphatic heterocycles. The fourth-order valence-electron chi connectivity index (χ4n) is 3.47. The lowest BCUT2D eigenvalue weighted by atomic mass is 10.0. The van der Waals surface area contributed by atoms with E-state index in [0.29, 0.717) is 0 Å². The zero-order valence-corrected chi connectivity index (χ0v) is 19.4. The molecule has 0 aromatic heterocycles. The van der Waals surface area contributed by atoms with Gasteiger partial charge in [-0.05, 0) is 73.5 Å². The van der Waals surface area contributed by atoms with Crippen molar-refractivity contribution in [3.63, 3.8) is 0 Å². The second-order valence-electron chi connectivity index (χ2n) is 7.63. The first-order chi connectivity index (χ1) is 15.6. The van der Waals surface area contributed by atoms with E-state index in [2.05, 4.69) is 35.9 Å². The minimum absolute atomic E-state index is 0.756. The maximum atomic E-state index is 5.44. The number of nitrogens with zero attached hydrogens (tertiary/aromatic N) is 1. The Morgan fingerprint density at radius 1 is 0.719 bits per heavy atom. The van der Waals surface area contributed by atoms with Gasteiger partial charge in [0.1, 0.15) is 5.75 Å². The highest BCUT2D eigenvalue weighted by Crippen LogP contribution is 2.27. The van der Waals surface area contributed by atoms with Gasteiger partial charge in [0, 0.05) is 24.2 Å². The number of rotatable bonds is 9. The van der Waals surface area contributed by atoms with Crippen LogP contribution in [0.2, 0.25) is 0 Å². The molecule has 0 radical (unpaired) electrons. The lowest BCUT2D eigenvalue weighted by Crippen LogP contribution is -2.24. The molecule has 0 aliphatic rings. The van der Waals surface area contributed by atoms with Crippen LogP contribution >= 0.6 is 0 Å². The molecular weight excluding hydrogens is 398 g/mol. The van der Waals surface area contributed by atoms with Crippen LogP contribution in [0.15, 0.2) is 66.7 Å². The standard InChI is InChI=1S/C28H31NO3/c1-29(18-16-23-11-15-27(31-3)28(20-23)32-4)19-17-25-21-26(30-2)14-13-24(25)12-10-22-8-6-5-7-9-22/h5-9,11,13-15,20-21H,16-19H2,1-4H3. The molecule has 166 valence electrons. The Bertz CT molecular complexity index is 1070. The van der Waals surface area contributed by atoms with E-state index in [1.165, 1.54) is 11.1 Å². The molecule has 0 atom stereocenters. The molecular formula is C28H31NO3. The van der Waals surface area contributed by atoms with Gasteiger partial charge < -0.3 is 19.1 Å². The minimum Gasteiger partial charge on any atom is -0.497 e. The summed E-state index contributed by atoms with van der Waals surface area (Å²) < 4.78 is 16.2. The Labute approximate surface area is 191 Å². The molecule has 0 spiro atoms. The van der Waals surface area contributed by atoms with Crippen molar-refractivity contribution in [2.24, 2.45) is 0 Å². The second kappa shape index (κ2) is 11.8. The molecule has 0 unspecified atom stereocenters. The summed E-state index contributed by atoms with van der Waals surface area (Å²) in [5.74, 6) is 8.99. The summed E-state index contributed by atoms with van der Waals surface area (Å²) >= 11 is 0. The molecule has 0 aliphatic carbocycles. The highest BCUT2D eigenvalue weighted by molar-refractivity contribution is 5.49. The molecule has 32 heavy (non-hydrogen) atoms. The van der Waals surface area contributed by atoms with E-state index in [9.17, 15) is 0 Å². The third kappa shape index (κ3) is 6.54. The first-order valence-corrected chi connectivity index (χ1v) is 10.8. The predicted octanol–water partition coefficient (Wildman–Crippen LogP) is 4.83. The molecule has 0 bridgehead atoms. The van der Waals surface area contributed by atoms with E-state index in [1.807, 2.05) is 54.6 Å². The maximum Gasteiger partial charge on any atom is 0.160 e. The molecule has 3 aromatic carbocycles. The van der Waals surface area contributed by atoms with Crippen LogP contribution in [0.5, 0.6) is 17.2 Å². The van der Waals surface area contributed by atoms with Crippen molar-refractivity contribution in [1.29, 1.82) is 0 Å². The molecule has 0 N–H and O–H groups in total. The summed E-state index contributed by atoms with van der Waals surface area (Å²) in [6.45, 7) is 1.88. The van der Waals surface area contributed by atoms with Gasteiger partial charge in [-0.15, -0.1) is 0 Å². The van der Waals surface area contributed by atoms with Crippen molar-refractivity contribution in [2.75, 3.05) is 41.5 Å². The van der Waals surface area contributed by atoms with Crippen molar-refractivity contribution in [1.82, 2.24) is 4.90 Å². The van der Waals surface area contributed by atoms with Crippen molar-refractivity contribution in [2.45, 2.75) is 12.8 Å². The zero-order chi connectivity index (χ0) is 22.8. The van der Waals surface area contributed by atoms with Gasteiger partial charge in [-0.2, -0.15) is 0 Å². The van der Waals surface area contributed by atoms with Crippen LogP contribution in [0.1, 0.15) is 22.3 Å². The number of benzene rings is 3. The fraction of sp³-hybridized carbons (Fsp3) is 0.286. The van der Waals surface area contributed by atoms with Crippen LogP contribution < -0.4 is 14.2 Å².